The molecule has 3 N–H and O–H groups in total. The first-order chi connectivity index (χ1) is 9.42. The number of nitrogens with two attached hydrogens (primary N) is 1. The minimum Gasteiger partial charge on any atom is -0.339 e. The highest BCUT2D eigenvalue weighted by Crippen LogP contribution is 2.31. The van der Waals surface area contributed by atoms with Crippen LogP contribution in [0.4, 0.5) is 0 Å². The van der Waals surface area contributed by atoms with E-state index in [1.54, 1.807) is 13.0 Å². The highest BCUT2D eigenvalue weighted by Gasteiger charge is 2.20. The summed E-state index contributed by atoms with van der Waals surface area (Å²) < 4.78 is 32.2. The molecule has 0 saturated heterocycles. The first kappa shape index (κ1) is 15.6. The highest BCUT2D eigenvalue weighted by molar-refractivity contribution is 9.11. The second kappa shape index (κ2) is 6.31. The van der Waals surface area contributed by atoms with Gasteiger partial charge in [0.2, 0.25) is 15.9 Å². The Morgan fingerprint density at radius 1 is 1.55 bits per heavy atom. The maximum Gasteiger partial charge on any atom is 0.242 e. The number of aromatic nitrogens is 2. The molecule has 7 nitrogen and oxygen atoms in total. The third-order valence-electron chi connectivity index (χ3n) is 2.40. The third kappa shape index (κ3) is 3.64. The number of thiophene rings is 1. The van der Waals surface area contributed by atoms with E-state index in [0.29, 0.717) is 28.5 Å². The fourth-order valence-electron chi connectivity index (χ4n) is 1.49. The Hall–Kier alpha value is -0.810. The van der Waals surface area contributed by atoms with Gasteiger partial charge in [0.1, 0.15) is 4.90 Å². The highest BCUT2D eigenvalue weighted by atomic mass is 79.9. The number of aryl methyl sites for hydroxylation is 1. The van der Waals surface area contributed by atoms with Crippen LogP contribution in [0.25, 0.3) is 0 Å². The van der Waals surface area contributed by atoms with Crippen LogP contribution in [0.5, 0.6) is 0 Å². The van der Waals surface area contributed by atoms with Gasteiger partial charge in [0.25, 0.3) is 0 Å². The fourth-order valence-corrected chi connectivity index (χ4v) is 5.08. The molecule has 2 rings (SSSR count). The molecule has 0 aliphatic heterocycles. The van der Waals surface area contributed by atoms with Crippen LogP contribution in [-0.4, -0.2) is 25.1 Å². The summed E-state index contributed by atoms with van der Waals surface area (Å²) in [4.78, 5) is 5.00. The van der Waals surface area contributed by atoms with Gasteiger partial charge in [-0.1, -0.05) is 5.16 Å². The molecule has 2 heterocycles. The Labute approximate surface area is 128 Å². The zero-order valence-corrected chi connectivity index (χ0v) is 13.8. The molecule has 2 aromatic heterocycles. The number of hydrogen-bond donors (Lipinski definition) is 2. The smallest absolute Gasteiger partial charge is 0.242 e. The van der Waals surface area contributed by atoms with Gasteiger partial charge in [-0.05, 0) is 28.9 Å². The fraction of sp³-hybridized carbons (Fsp3) is 0.400. The molecule has 0 amide bonds. The van der Waals surface area contributed by atoms with Crippen LogP contribution in [0.3, 0.4) is 0 Å². The van der Waals surface area contributed by atoms with Gasteiger partial charge in [0, 0.05) is 24.4 Å². The predicted octanol–water partition coefficient (Wildman–Crippen LogP) is 1.18. The van der Waals surface area contributed by atoms with Crippen molar-refractivity contribution < 1.29 is 12.9 Å². The van der Waals surface area contributed by atoms with Crippen LogP contribution in [-0.2, 0) is 23.0 Å². The normalized spacial score (nSPS) is 11.9. The van der Waals surface area contributed by atoms with Crippen molar-refractivity contribution in [3.63, 3.8) is 0 Å². The lowest BCUT2D eigenvalue weighted by Gasteiger charge is -2.03. The van der Waals surface area contributed by atoms with Gasteiger partial charge < -0.3 is 10.3 Å². The molecule has 0 radical (unpaired) electrons. The van der Waals surface area contributed by atoms with Gasteiger partial charge in [-0.2, -0.15) is 4.98 Å². The topological polar surface area (TPSA) is 111 Å². The van der Waals surface area contributed by atoms with Crippen LogP contribution in [0.1, 0.15) is 16.6 Å². The SMILES string of the molecule is Cc1noc(CCNS(=O)(=O)c2cc(CN)sc2Br)n1. The van der Waals surface area contributed by atoms with Crippen LogP contribution >= 0.6 is 27.3 Å². The van der Waals surface area contributed by atoms with Crippen molar-refractivity contribution in [2.45, 2.75) is 24.8 Å². The third-order valence-corrected chi connectivity index (χ3v) is 6.13. The maximum atomic E-state index is 12.1. The molecule has 110 valence electrons. The molecule has 0 bridgehead atoms. The van der Waals surface area contributed by atoms with E-state index in [0.717, 1.165) is 4.88 Å². The standard InChI is InChI=1S/C10H13BrN4O3S2/c1-6-14-9(18-15-6)2-3-13-20(16,17)8-4-7(5-12)19-10(8)11/h4,13H,2-3,5,12H2,1H3. The summed E-state index contributed by atoms with van der Waals surface area (Å²) in [6.07, 6.45) is 0.339. The zero-order valence-electron chi connectivity index (χ0n) is 10.6. The number of halogens is 1. The molecule has 20 heavy (non-hydrogen) atoms. The Kier molecular flexibility index (Phi) is 4.91. The van der Waals surface area contributed by atoms with Gasteiger partial charge in [-0.25, -0.2) is 13.1 Å². The van der Waals surface area contributed by atoms with Gasteiger partial charge in [0.05, 0.1) is 3.79 Å². The molecule has 0 aromatic carbocycles. The summed E-state index contributed by atoms with van der Waals surface area (Å²) in [5.74, 6) is 0.924. The monoisotopic (exact) mass is 380 g/mol. The summed E-state index contributed by atoms with van der Waals surface area (Å²) in [5.41, 5.74) is 5.50. The van der Waals surface area contributed by atoms with E-state index < -0.39 is 10.0 Å². The molecule has 0 spiro atoms. The number of sulfonamides is 1. The molecular weight excluding hydrogens is 368 g/mol. The van der Waals surface area contributed by atoms with Crippen LogP contribution in [0, 0.1) is 6.92 Å². The lowest BCUT2D eigenvalue weighted by molar-refractivity contribution is 0.375. The molecule has 0 fully saturated rings. The van der Waals surface area contributed by atoms with Crippen molar-refractivity contribution >= 4 is 37.3 Å². The van der Waals surface area contributed by atoms with E-state index in [2.05, 4.69) is 30.8 Å². The lowest BCUT2D eigenvalue weighted by Crippen LogP contribution is -2.26. The van der Waals surface area contributed by atoms with E-state index in [-0.39, 0.29) is 11.4 Å². The first-order valence-corrected chi connectivity index (χ1v) is 8.79. The average molecular weight is 381 g/mol. The van der Waals surface area contributed by atoms with Crippen molar-refractivity contribution in [3.05, 3.63) is 26.4 Å². The van der Waals surface area contributed by atoms with Gasteiger partial charge in [0.15, 0.2) is 5.82 Å². The van der Waals surface area contributed by atoms with Gasteiger partial charge in [-0.15, -0.1) is 11.3 Å². The minimum atomic E-state index is -3.58. The molecule has 2 aromatic rings. The quantitative estimate of drug-likeness (QED) is 0.777. The molecule has 0 atom stereocenters. The number of nitrogens with one attached hydrogen (secondary N) is 1. The van der Waals surface area contributed by atoms with Crippen molar-refractivity contribution in [1.82, 2.24) is 14.9 Å². The van der Waals surface area contributed by atoms with Crippen LogP contribution < -0.4 is 10.5 Å². The molecule has 10 heteroatoms. The number of rotatable bonds is 6. The van der Waals surface area contributed by atoms with Gasteiger partial charge >= 0.3 is 0 Å². The average Bonchev–Trinajstić information content (AvgIpc) is 2.95. The van der Waals surface area contributed by atoms with E-state index in [9.17, 15) is 8.42 Å². The van der Waals surface area contributed by atoms with E-state index in [1.807, 2.05) is 0 Å². The second-order valence-electron chi connectivity index (χ2n) is 3.94. The Morgan fingerprint density at radius 2 is 2.30 bits per heavy atom. The lowest BCUT2D eigenvalue weighted by atomic mass is 10.4. The second-order valence-corrected chi connectivity index (χ2v) is 8.13. The summed E-state index contributed by atoms with van der Waals surface area (Å²) in [5, 5.41) is 3.64. The Bertz CT molecular complexity index is 695. The maximum absolute atomic E-state index is 12.1. The van der Waals surface area contributed by atoms with Crippen LogP contribution in [0.15, 0.2) is 19.3 Å². The molecule has 0 aliphatic carbocycles. The van der Waals surface area contributed by atoms with Crippen molar-refractivity contribution in [2.75, 3.05) is 6.54 Å². The molecule has 0 saturated carbocycles. The number of hydrogen-bond acceptors (Lipinski definition) is 7. The van der Waals surface area contributed by atoms with Crippen molar-refractivity contribution in [3.8, 4) is 0 Å². The summed E-state index contributed by atoms with van der Waals surface area (Å²) in [6, 6.07) is 1.56. The number of nitrogens with zero attached hydrogens (tertiary/aromatic N) is 2. The molecule has 0 aliphatic rings. The molecule has 0 unspecified atom stereocenters. The van der Waals surface area contributed by atoms with E-state index in [1.165, 1.54) is 11.3 Å². The Balaban J connectivity index is 2.01. The molecular formula is C10H13BrN4O3S2. The first-order valence-electron chi connectivity index (χ1n) is 5.69. The van der Waals surface area contributed by atoms with Crippen LogP contribution in [0.2, 0.25) is 0 Å². The van der Waals surface area contributed by atoms with Crippen molar-refractivity contribution in [1.29, 1.82) is 0 Å². The minimum absolute atomic E-state index is 0.185. The van der Waals surface area contributed by atoms with E-state index in [4.69, 9.17) is 10.3 Å². The zero-order chi connectivity index (χ0) is 14.8. The predicted molar refractivity (Wildman–Crippen MR) is 77.8 cm³/mol. The Morgan fingerprint density at radius 3 is 2.85 bits per heavy atom. The van der Waals surface area contributed by atoms with E-state index >= 15 is 0 Å². The van der Waals surface area contributed by atoms with Gasteiger partial charge in [-0.3, -0.25) is 0 Å². The largest absolute Gasteiger partial charge is 0.339 e. The summed E-state index contributed by atoms with van der Waals surface area (Å²) >= 11 is 4.54. The summed E-state index contributed by atoms with van der Waals surface area (Å²) in [6.45, 7) is 2.19. The van der Waals surface area contributed by atoms with Crippen molar-refractivity contribution in [2.24, 2.45) is 5.73 Å². The summed E-state index contributed by atoms with van der Waals surface area (Å²) in [7, 11) is -3.58.